The summed E-state index contributed by atoms with van der Waals surface area (Å²) in [4.78, 5) is 2.25. The first-order valence-electron chi connectivity index (χ1n) is 7.29. The number of hydrogen-bond acceptors (Lipinski definition) is 1. The summed E-state index contributed by atoms with van der Waals surface area (Å²) < 4.78 is 6.12. The lowest BCUT2D eigenvalue weighted by Gasteiger charge is -2.23. The second-order valence-corrected chi connectivity index (χ2v) is 5.50. The summed E-state index contributed by atoms with van der Waals surface area (Å²) in [5, 5.41) is 0. The number of pyridine rings is 3. The van der Waals surface area contributed by atoms with E-state index in [1.54, 1.807) is 0 Å². The molecule has 0 aliphatic rings. The third-order valence-corrected chi connectivity index (χ3v) is 3.66. The van der Waals surface area contributed by atoms with Crippen molar-refractivity contribution in [3.05, 3.63) is 73.6 Å². The number of aromatic nitrogens is 3. The zero-order valence-corrected chi connectivity index (χ0v) is 13.2. The van der Waals surface area contributed by atoms with E-state index in [9.17, 15) is 0 Å². The van der Waals surface area contributed by atoms with Crippen molar-refractivity contribution in [3.8, 4) is 0 Å². The number of aryl methyl sites for hydroxylation is 3. The second kappa shape index (κ2) is 5.93. The van der Waals surface area contributed by atoms with Gasteiger partial charge in [0.15, 0.2) is 37.2 Å². The van der Waals surface area contributed by atoms with Crippen molar-refractivity contribution in [2.24, 2.45) is 21.1 Å². The molecule has 0 aliphatic carbocycles. The Labute approximate surface area is 131 Å². The Balaban J connectivity index is 2.10. The minimum atomic E-state index is 1.14. The van der Waals surface area contributed by atoms with E-state index in [-0.39, 0.29) is 0 Å². The summed E-state index contributed by atoms with van der Waals surface area (Å²) in [6.45, 7) is 0. The quantitative estimate of drug-likeness (QED) is 0.670. The van der Waals surface area contributed by atoms with Gasteiger partial charge in [0.1, 0.15) is 21.1 Å². The van der Waals surface area contributed by atoms with Crippen molar-refractivity contribution >= 4 is 17.1 Å². The molecule has 0 unspecified atom stereocenters. The van der Waals surface area contributed by atoms with Crippen molar-refractivity contribution < 1.29 is 13.7 Å². The van der Waals surface area contributed by atoms with Crippen molar-refractivity contribution in [1.29, 1.82) is 0 Å². The predicted octanol–water partition coefficient (Wildman–Crippen LogP) is 1.63. The molecule has 22 heavy (non-hydrogen) atoms. The molecule has 0 aromatic carbocycles. The number of anilines is 3. The summed E-state index contributed by atoms with van der Waals surface area (Å²) in [7, 11) is 6.08. The molecular weight excluding hydrogens is 272 g/mol. The Morgan fingerprint density at radius 3 is 0.955 bits per heavy atom. The van der Waals surface area contributed by atoms with Crippen LogP contribution in [0.25, 0.3) is 0 Å². The molecule has 0 aliphatic heterocycles. The van der Waals surface area contributed by atoms with Crippen LogP contribution in [-0.2, 0) is 21.1 Å². The van der Waals surface area contributed by atoms with E-state index in [0.29, 0.717) is 0 Å². The molecule has 4 nitrogen and oxygen atoms in total. The van der Waals surface area contributed by atoms with Gasteiger partial charge < -0.3 is 4.90 Å². The lowest BCUT2D eigenvalue weighted by molar-refractivity contribution is -0.671. The smallest absolute Gasteiger partial charge is 0.170 e. The topological polar surface area (TPSA) is 14.9 Å². The molecule has 0 fully saturated rings. The van der Waals surface area contributed by atoms with E-state index >= 15 is 0 Å². The number of rotatable bonds is 3. The van der Waals surface area contributed by atoms with E-state index in [2.05, 4.69) is 78.5 Å². The van der Waals surface area contributed by atoms with Crippen LogP contribution in [0, 0.1) is 0 Å². The second-order valence-electron chi connectivity index (χ2n) is 5.50. The maximum atomic E-state index is 2.25. The summed E-state index contributed by atoms with van der Waals surface area (Å²) in [5.74, 6) is 0. The third-order valence-electron chi connectivity index (χ3n) is 3.66. The van der Waals surface area contributed by atoms with Crippen molar-refractivity contribution in [3.63, 3.8) is 0 Å². The fourth-order valence-electron chi connectivity index (χ4n) is 2.37. The highest BCUT2D eigenvalue weighted by Crippen LogP contribution is 2.32. The van der Waals surface area contributed by atoms with Crippen LogP contribution in [0.15, 0.2) is 73.6 Å². The van der Waals surface area contributed by atoms with E-state index < -0.39 is 0 Å². The lowest BCUT2D eigenvalue weighted by atomic mass is 10.2. The highest BCUT2D eigenvalue weighted by atomic mass is 15.2. The monoisotopic (exact) mass is 293 g/mol. The first-order valence-corrected chi connectivity index (χ1v) is 7.29. The van der Waals surface area contributed by atoms with Gasteiger partial charge in [-0.3, -0.25) is 0 Å². The Morgan fingerprint density at radius 2 is 0.727 bits per heavy atom. The van der Waals surface area contributed by atoms with Gasteiger partial charge in [-0.05, 0) is 0 Å². The molecule has 0 N–H and O–H groups in total. The van der Waals surface area contributed by atoms with Crippen molar-refractivity contribution in [2.75, 3.05) is 4.90 Å². The molecule has 0 radical (unpaired) electrons. The van der Waals surface area contributed by atoms with Crippen LogP contribution in [0.5, 0.6) is 0 Å². The Hall–Kier alpha value is -2.75. The van der Waals surface area contributed by atoms with Gasteiger partial charge in [-0.1, -0.05) is 0 Å². The summed E-state index contributed by atoms with van der Waals surface area (Å²) in [5.41, 5.74) is 3.42. The van der Waals surface area contributed by atoms with Gasteiger partial charge in [0.25, 0.3) is 0 Å². The van der Waals surface area contributed by atoms with Gasteiger partial charge in [0.05, 0.1) is 17.1 Å². The molecule has 3 aromatic rings. The van der Waals surface area contributed by atoms with Gasteiger partial charge in [-0.2, -0.15) is 0 Å². The Kier molecular flexibility index (Phi) is 3.83. The predicted molar refractivity (Wildman–Crippen MR) is 84.7 cm³/mol. The highest BCUT2D eigenvalue weighted by molar-refractivity contribution is 5.74. The van der Waals surface area contributed by atoms with Crippen LogP contribution in [0.1, 0.15) is 0 Å². The third kappa shape index (κ3) is 2.96. The molecule has 3 heterocycles. The zero-order chi connectivity index (χ0) is 15.5. The Bertz CT molecular complexity index is 638. The maximum absolute atomic E-state index is 2.25. The van der Waals surface area contributed by atoms with Gasteiger partial charge >= 0.3 is 0 Å². The normalized spacial score (nSPS) is 10.5. The molecule has 0 saturated heterocycles. The van der Waals surface area contributed by atoms with Crippen LogP contribution >= 0.6 is 0 Å². The zero-order valence-electron chi connectivity index (χ0n) is 13.2. The SMILES string of the molecule is C[n+]1ccc(N(c2cc[n+](C)cc2)c2cc[n+](C)cc2)cc1. The van der Waals surface area contributed by atoms with Crippen molar-refractivity contribution in [1.82, 2.24) is 0 Å². The summed E-state index contributed by atoms with van der Waals surface area (Å²) in [6.07, 6.45) is 12.4. The lowest BCUT2D eigenvalue weighted by Crippen LogP contribution is -2.28. The molecule has 0 atom stereocenters. The standard InChI is InChI=1S/C18H21N4/c1-19-10-4-16(5-11-19)22(17-6-12-20(2)13-7-17)18-8-14-21(3)15-9-18/h4-15H,1-3H3/q+3. The van der Waals surface area contributed by atoms with Gasteiger partial charge in [-0.25, -0.2) is 13.7 Å². The van der Waals surface area contributed by atoms with Crippen LogP contribution < -0.4 is 18.6 Å². The average Bonchev–Trinajstić information content (AvgIpc) is 2.53. The van der Waals surface area contributed by atoms with Gasteiger partial charge in [0, 0.05) is 36.4 Å². The molecule has 0 spiro atoms. The average molecular weight is 293 g/mol. The molecule has 0 bridgehead atoms. The minimum Gasteiger partial charge on any atom is -0.309 e. The maximum Gasteiger partial charge on any atom is 0.170 e. The molecule has 110 valence electrons. The Morgan fingerprint density at radius 1 is 0.500 bits per heavy atom. The van der Waals surface area contributed by atoms with E-state index in [1.165, 1.54) is 0 Å². The first kappa shape index (κ1) is 14.2. The molecule has 0 amide bonds. The number of nitrogens with zero attached hydrogens (tertiary/aromatic N) is 4. The molecule has 4 heteroatoms. The molecular formula is C18H21N4+3. The van der Waals surface area contributed by atoms with E-state index in [4.69, 9.17) is 0 Å². The molecule has 0 saturated carbocycles. The fourth-order valence-corrected chi connectivity index (χ4v) is 2.37. The summed E-state index contributed by atoms with van der Waals surface area (Å²) in [6, 6.07) is 12.8. The van der Waals surface area contributed by atoms with Crippen LogP contribution in [0.4, 0.5) is 17.1 Å². The number of hydrogen-bond donors (Lipinski definition) is 0. The van der Waals surface area contributed by atoms with E-state index in [1.807, 2.05) is 34.8 Å². The van der Waals surface area contributed by atoms with Crippen LogP contribution in [0.2, 0.25) is 0 Å². The summed E-state index contributed by atoms with van der Waals surface area (Å²) >= 11 is 0. The van der Waals surface area contributed by atoms with Crippen LogP contribution in [0.3, 0.4) is 0 Å². The minimum absolute atomic E-state index is 1.14. The van der Waals surface area contributed by atoms with Crippen molar-refractivity contribution in [2.45, 2.75) is 0 Å². The van der Waals surface area contributed by atoms with Gasteiger partial charge in [-0.15, -0.1) is 0 Å². The first-order chi connectivity index (χ1) is 10.6. The fraction of sp³-hybridized carbons (Fsp3) is 0.167. The van der Waals surface area contributed by atoms with Gasteiger partial charge in [0.2, 0.25) is 0 Å². The van der Waals surface area contributed by atoms with Crippen LogP contribution in [-0.4, -0.2) is 0 Å². The molecule has 3 rings (SSSR count). The molecule has 3 aromatic heterocycles. The largest absolute Gasteiger partial charge is 0.309 e. The highest BCUT2D eigenvalue weighted by Gasteiger charge is 2.15. The van der Waals surface area contributed by atoms with E-state index in [0.717, 1.165) is 17.1 Å².